The van der Waals surface area contributed by atoms with Crippen LogP contribution < -0.4 is 4.90 Å². The molecule has 0 bridgehead atoms. The number of non-ortho nitro benzene ring substituents is 1. The molecular weight excluding hydrogens is 270 g/mol. The van der Waals surface area contributed by atoms with E-state index in [-0.39, 0.29) is 11.7 Å². The van der Waals surface area contributed by atoms with Gasteiger partial charge in [0.1, 0.15) is 5.69 Å². The van der Waals surface area contributed by atoms with E-state index in [9.17, 15) is 24.0 Å². The van der Waals surface area contributed by atoms with Gasteiger partial charge in [0.2, 0.25) is 0 Å². The van der Waals surface area contributed by atoms with E-state index in [1.807, 2.05) is 0 Å². The number of aliphatic hydroxyl groups excluding tert-OH is 1. The molecule has 2 atom stereocenters. The van der Waals surface area contributed by atoms with Crippen LogP contribution in [0.4, 0.5) is 20.2 Å². The summed E-state index contributed by atoms with van der Waals surface area (Å²) in [5, 5.41) is 20.5. The quantitative estimate of drug-likeness (QED) is 0.685. The first kappa shape index (κ1) is 14.6. The largest absolute Gasteiger partial charge is 0.391 e. The summed E-state index contributed by atoms with van der Waals surface area (Å²) in [6.07, 6.45) is 2.33. The van der Waals surface area contributed by atoms with Gasteiger partial charge in [0, 0.05) is 7.05 Å². The third kappa shape index (κ3) is 2.72. The predicted octanol–water partition coefficient (Wildman–Crippen LogP) is 2.61. The molecule has 0 spiro atoms. The number of hydrogen-bond acceptors (Lipinski definition) is 4. The molecule has 7 heteroatoms. The number of hydrogen-bond donors (Lipinski definition) is 1. The SMILES string of the molecule is CN(c1c(F)cc([N+](=O)[O-])cc1F)C1CCCCC1O. The molecule has 110 valence electrons. The van der Waals surface area contributed by atoms with Crippen molar-refractivity contribution >= 4 is 11.4 Å². The van der Waals surface area contributed by atoms with Gasteiger partial charge < -0.3 is 10.0 Å². The summed E-state index contributed by atoms with van der Waals surface area (Å²) in [6.45, 7) is 0. The molecule has 1 aliphatic rings. The van der Waals surface area contributed by atoms with Crippen molar-refractivity contribution < 1.29 is 18.8 Å². The number of nitrogens with zero attached hydrogens (tertiary/aromatic N) is 2. The molecule has 1 aromatic rings. The Hall–Kier alpha value is -1.76. The van der Waals surface area contributed by atoms with Gasteiger partial charge in [-0.05, 0) is 12.8 Å². The molecule has 20 heavy (non-hydrogen) atoms. The summed E-state index contributed by atoms with van der Waals surface area (Å²) in [4.78, 5) is 11.1. The Labute approximate surface area is 115 Å². The zero-order valence-corrected chi connectivity index (χ0v) is 11.1. The summed E-state index contributed by atoms with van der Waals surface area (Å²) in [5.74, 6) is -1.98. The van der Waals surface area contributed by atoms with Crippen molar-refractivity contribution in [3.63, 3.8) is 0 Å². The summed E-state index contributed by atoms with van der Waals surface area (Å²) in [5.41, 5.74) is -0.956. The highest BCUT2D eigenvalue weighted by molar-refractivity contribution is 5.54. The van der Waals surface area contributed by atoms with Gasteiger partial charge in [-0.3, -0.25) is 10.1 Å². The molecule has 0 heterocycles. The maximum absolute atomic E-state index is 13.9. The first-order chi connectivity index (χ1) is 9.41. The predicted molar refractivity (Wildman–Crippen MR) is 69.7 cm³/mol. The van der Waals surface area contributed by atoms with Crippen LogP contribution in [0.2, 0.25) is 0 Å². The van der Waals surface area contributed by atoms with Gasteiger partial charge in [-0.15, -0.1) is 0 Å². The molecular formula is C13H16F2N2O3. The minimum Gasteiger partial charge on any atom is -0.391 e. The van der Waals surface area contributed by atoms with E-state index in [1.165, 1.54) is 11.9 Å². The van der Waals surface area contributed by atoms with Crippen LogP contribution in [0.1, 0.15) is 25.7 Å². The van der Waals surface area contributed by atoms with E-state index in [0.29, 0.717) is 25.0 Å². The molecule has 1 aliphatic carbocycles. The van der Waals surface area contributed by atoms with Gasteiger partial charge in [-0.2, -0.15) is 0 Å². The first-order valence-electron chi connectivity index (χ1n) is 6.46. The van der Waals surface area contributed by atoms with Crippen LogP contribution in [0.5, 0.6) is 0 Å². The second kappa shape index (κ2) is 5.70. The Balaban J connectivity index is 2.34. The summed E-state index contributed by atoms with van der Waals surface area (Å²) < 4.78 is 27.9. The van der Waals surface area contributed by atoms with Crippen molar-refractivity contribution in [2.75, 3.05) is 11.9 Å². The average molecular weight is 286 g/mol. The minimum atomic E-state index is -0.989. The van der Waals surface area contributed by atoms with Crippen LogP contribution in [-0.2, 0) is 0 Å². The molecule has 0 amide bonds. The Morgan fingerprint density at radius 3 is 2.35 bits per heavy atom. The molecule has 1 saturated carbocycles. The van der Waals surface area contributed by atoms with Gasteiger partial charge >= 0.3 is 0 Å². The second-order valence-electron chi connectivity index (χ2n) is 5.05. The molecule has 1 fully saturated rings. The van der Waals surface area contributed by atoms with Crippen LogP contribution in [0.15, 0.2) is 12.1 Å². The monoisotopic (exact) mass is 286 g/mol. The molecule has 1 N–H and O–H groups in total. The summed E-state index contributed by atoms with van der Waals surface area (Å²) in [7, 11) is 1.49. The van der Waals surface area contributed by atoms with Gasteiger partial charge in [0.15, 0.2) is 11.6 Å². The molecule has 5 nitrogen and oxygen atoms in total. The lowest BCUT2D eigenvalue weighted by Crippen LogP contribution is -2.44. The van der Waals surface area contributed by atoms with Crippen molar-refractivity contribution in [2.45, 2.75) is 37.8 Å². The van der Waals surface area contributed by atoms with Crippen LogP contribution in [0, 0.1) is 21.7 Å². The number of benzene rings is 1. The Morgan fingerprint density at radius 1 is 1.30 bits per heavy atom. The first-order valence-corrected chi connectivity index (χ1v) is 6.46. The lowest BCUT2D eigenvalue weighted by Gasteiger charge is -2.36. The topological polar surface area (TPSA) is 66.6 Å². The molecule has 1 aromatic carbocycles. The fourth-order valence-electron chi connectivity index (χ4n) is 2.70. The fourth-order valence-corrected chi connectivity index (χ4v) is 2.70. The van der Waals surface area contributed by atoms with Gasteiger partial charge in [-0.1, -0.05) is 12.8 Å². The van der Waals surface area contributed by atoms with E-state index in [0.717, 1.165) is 12.8 Å². The highest BCUT2D eigenvalue weighted by atomic mass is 19.1. The number of anilines is 1. The minimum absolute atomic E-state index is 0.332. The Kier molecular flexibility index (Phi) is 4.17. The highest BCUT2D eigenvalue weighted by Crippen LogP contribution is 2.32. The lowest BCUT2D eigenvalue weighted by atomic mass is 9.91. The number of nitro benzene ring substituents is 1. The highest BCUT2D eigenvalue weighted by Gasteiger charge is 2.30. The maximum atomic E-state index is 13.9. The van der Waals surface area contributed by atoms with Crippen LogP contribution in [0.25, 0.3) is 0 Å². The average Bonchev–Trinajstić information content (AvgIpc) is 2.38. The number of rotatable bonds is 3. The van der Waals surface area contributed by atoms with E-state index in [1.54, 1.807) is 0 Å². The van der Waals surface area contributed by atoms with E-state index in [2.05, 4.69) is 0 Å². The second-order valence-corrected chi connectivity index (χ2v) is 5.05. The molecule has 2 rings (SSSR count). The molecule has 0 aliphatic heterocycles. The van der Waals surface area contributed by atoms with E-state index >= 15 is 0 Å². The molecule has 0 saturated heterocycles. The molecule has 2 unspecified atom stereocenters. The number of aliphatic hydroxyl groups is 1. The van der Waals surface area contributed by atoms with Gasteiger partial charge in [0.05, 0.1) is 29.2 Å². The van der Waals surface area contributed by atoms with Crippen LogP contribution >= 0.6 is 0 Å². The van der Waals surface area contributed by atoms with Crippen LogP contribution in [0.3, 0.4) is 0 Å². The van der Waals surface area contributed by atoms with Crippen LogP contribution in [-0.4, -0.2) is 29.2 Å². The van der Waals surface area contributed by atoms with Crippen molar-refractivity contribution in [1.82, 2.24) is 0 Å². The van der Waals surface area contributed by atoms with Crippen molar-refractivity contribution in [1.29, 1.82) is 0 Å². The molecule has 0 aromatic heterocycles. The standard InChI is InChI=1S/C13H16F2N2O3/c1-16(11-4-2-3-5-12(11)18)13-9(14)6-8(17(19)20)7-10(13)15/h6-7,11-12,18H,2-5H2,1H3. The third-order valence-corrected chi connectivity index (χ3v) is 3.76. The fraction of sp³-hybridized carbons (Fsp3) is 0.538. The van der Waals surface area contributed by atoms with Gasteiger partial charge in [-0.25, -0.2) is 8.78 Å². The number of nitro groups is 1. The van der Waals surface area contributed by atoms with Gasteiger partial charge in [0.25, 0.3) is 5.69 Å². The Bertz CT molecular complexity index is 501. The normalized spacial score (nSPS) is 22.6. The van der Waals surface area contributed by atoms with Crippen molar-refractivity contribution in [3.05, 3.63) is 33.9 Å². The number of halogens is 2. The Morgan fingerprint density at radius 2 is 1.85 bits per heavy atom. The van der Waals surface area contributed by atoms with E-state index < -0.39 is 28.3 Å². The van der Waals surface area contributed by atoms with Crippen molar-refractivity contribution in [3.8, 4) is 0 Å². The number of likely N-dealkylation sites (N-methyl/N-ethyl adjacent to an activating group) is 1. The lowest BCUT2D eigenvalue weighted by molar-refractivity contribution is -0.385. The molecule has 0 radical (unpaired) electrons. The summed E-state index contributed by atoms with van der Waals surface area (Å²) in [6, 6.07) is 1.02. The smallest absolute Gasteiger partial charge is 0.275 e. The zero-order valence-electron chi connectivity index (χ0n) is 11.1. The van der Waals surface area contributed by atoms with Crippen molar-refractivity contribution in [2.24, 2.45) is 0 Å². The van der Waals surface area contributed by atoms with E-state index in [4.69, 9.17) is 0 Å². The zero-order chi connectivity index (χ0) is 14.9. The maximum Gasteiger partial charge on any atom is 0.275 e. The third-order valence-electron chi connectivity index (χ3n) is 3.76. The summed E-state index contributed by atoms with van der Waals surface area (Å²) >= 11 is 0.